The SMILES string of the molecule is CC(C)(C)c1nc(CN2CCC(n3c(=O)[nH]c4ccccc43)CC2)no1. The fourth-order valence-electron chi connectivity index (χ4n) is 3.60. The van der Waals surface area contributed by atoms with Gasteiger partial charge in [0, 0.05) is 24.5 Å². The lowest BCUT2D eigenvalue weighted by atomic mass is 9.97. The van der Waals surface area contributed by atoms with E-state index in [2.05, 4.69) is 40.8 Å². The Labute approximate surface area is 152 Å². The monoisotopic (exact) mass is 355 g/mol. The van der Waals surface area contributed by atoms with Gasteiger partial charge in [-0.1, -0.05) is 38.1 Å². The van der Waals surface area contributed by atoms with Crippen LogP contribution in [0.2, 0.25) is 0 Å². The second-order valence-corrected chi connectivity index (χ2v) is 8.09. The first-order valence-electron chi connectivity index (χ1n) is 9.16. The van der Waals surface area contributed by atoms with Crippen LogP contribution in [0.25, 0.3) is 11.0 Å². The van der Waals surface area contributed by atoms with Crippen molar-refractivity contribution in [3.8, 4) is 0 Å². The lowest BCUT2D eigenvalue weighted by molar-refractivity contribution is 0.174. The lowest BCUT2D eigenvalue weighted by Crippen LogP contribution is -2.36. The largest absolute Gasteiger partial charge is 0.339 e. The second kappa shape index (κ2) is 6.39. The van der Waals surface area contributed by atoms with Gasteiger partial charge < -0.3 is 9.51 Å². The summed E-state index contributed by atoms with van der Waals surface area (Å²) in [5, 5.41) is 4.11. The molecular formula is C19H25N5O2. The molecule has 1 aliphatic rings. The molecule has 7 nitrogen and oxygen atoms in total. The highest BCUT2D eigenvalue weighted by atomic mass is 16.5. The molecule has 3 aromatic rings. The number of imidazole rings is 1. The predicted octanol–water partition coefficient (Wildman–Crippen LogP) is 2.85. The Morgan fingerprint density at radius 1 is 1.23 bits per heavy atom. The van der Waals surface area contributed by atoms with Gasteiger partial charge in [0.2, 0.25) is 5.89 Å². The quantitative estimate of drug-likeness (QED) is 0.781. The molecule has 3 heterocycles. The number of rotatable bonds is 3. The average Bonchev–Trinajstić information content (AvgIpc) is 3.19. The number of H-pyrrole nitrogens is 1. The highest BCUT2D eigenvalue weighted by Gasteiger charge is 2.26. The zero-order valence-corrected chi connectivity index (χ0v) is 15.5. The molecule has 1 aliphatic heterocycles. The molecular weight excluding hydrogens is 330 g/mol. The van der Waals surface area contributed by atoms with Crippen LogP contribution < -0.4 is 5.69 Å². The van der Waals surface area contributed by atoms with Crippen molar-refractivity contribution in [2.75, 3.05) is 13.1 Å². The third-order valence-corrected chi connectivity index (χ3v) is 5.02. The van der Waals surface area contributed by atoms with Gasteiger partial charge in [-0.3, -0.25) is 9.47 Å². The number of piperidine rings is 1. The van der Waals surface area contributed by atoms with Gasteiger partial charge >= 0.3 is 5.69 Å². The fourth-order valence-corrected chi connectivity index (χ4v) is 3.60. The maximum absolute atomic E-state index is 12.4. The summed E-state index contributed by atoms with van der Waals surface area (Å²) in [6, 6.07) is 8.11. The van der Waals surface area contributed by atoms with Gasteiger partial charge in [-0.15, -0.1) is 0 Å². The van der Waals surface area contributed by atoms with Crippen LogP contribution >= 0.6 is 0 Å². The van der Waals surface area contributed by atoms with Crippen molar-refractivity contribution in [1.29, 1.82) is 0 Å². The van der Waals surface area contributed by atoms with Crippen LogP contribution in [-0.4, -0.2) is 37.7 Å². The molecule has 26 heavy (non-hydrogen) atoms. The highest BCUT2D eigenvalue weighted by Crippen LogP contribution is 2.26. The number of nitrogens with zero attached hydrogens (tertiary/aromatic N) is 4. The average molecular weight is 355 g/mol. The number of aromatic nitrogens is 4. The van der Waals surface area contributed by atoms with Crippen molar-refractivity contribution in [3.63, 3.8) is 0 Å². The third-order valence-electron chi connectivity index (χ3n) is 5.02. The van der Waals surface area contributed by atoms with Crippen LogP contribution in [0.4, 0.5) is 0 Å². The van der Waals surface area contributed by atoms with E-state index in [0.717, 1.165) is 42.8 Å². The molecule has 0 unspecified atom stereocenters. The number of fused-ring (bicyclic) bond motifs is 1. The molecule has 7 heteroatoms. The topological polar surface area (TPSA) is 80.0 Å². The molecule has 2 aromatic heterocycles. The number of hydrogen-bond donors (Lipinski definition) is 1. The van der Waals surface area contributed by atoms with Gasteiger partial charge in [0.15, 0.2) is 5.82 Å². The van der Waals surface area contributed by atoms with E-state index in [9.17, 15) is 4.79 Å². The Kier molecular flexibility index (Phi) is 4.19. The lowest BCUT2D eigenvalue weighted by Gasteiger charge is -2.31. The second-order valence-electron chi connectivity index (χ2n) is 8.09. The number of nitrogens with one attached hydrogen (secondary N) is 1. The molecule has 0 aliphatic carbocycles. The van der Waals surface area contributed by atoms with Crippen molar-refractivity contribution >= 4 is 11.0 Å². The molecule has 0 bridgehead atoms. The molecule has 0 saturated carbocycles. The summed E-state index contributed by atoms with van der Waals surface area (Å²) >= 11 is 0. The number of aromatic amines is 1. The van der Waals surface area contributed by atoms with Crippen LogP contribution in [0.5, 0.6) is 0 Å². The Morgan fingerprint density at radius 3 is 2.65 bits per heavy atom. The number of benzene rings is 1. The molecule has 1 N–H and O–H groups in total. The van der Waals surface area contributed by atoms with Gasteiger partial charge in [0.05, 0.1) is 17.6 Å². The predicted molar refractivity (Wildman–Crippen MR) is 99.1 cm³/mol. The Balaban J connectivity index is 1.43. The van der Waals surface area contributed by atoms with Crippen molar-refractivity contribution in [3.05, 3.63) is 46.5 Å². The zero-order valence-electron chi connectivity index (χ0n) is 15.5. The molecule has 1 saturated heterocycles. The van der Waals surface area contributed by atoms with Crippen molar-refractivity contribution in [1.82, 2.24) is 24.6 Å². The van der Waals surface area contributed by atoms with E-state index in [4.69, 9.17) is 4.52 Å². The first-order valence-corrected chi connectivity index (χ1v) is 9.16. The van der Waals surface area contributed by atoms with Gasteiger partial charge in [-0.2, -0.15) is 4.98 Å². The van der Waals surface area contributed by atoms with Crippen LogP contribution in [0, 0.1) is 0 Å². The maximum Gasteiger partial charge on any atom is 0.326 e. The summed E-state index contributed by atoms with van der Waals surface area (Å²) < 4.78 is 7.29. The van der Waals surface area contributed by atoms with Crippen LogP contribution in [0.1, 0.15) is 51.4 Å². The Bertz CT molecular complexity index is 954. The third kappa shape index (κ3) is 3.19. The summed E-state index contributed by atoms with van der Waals surface area (Å²) in [5.41, 5.74) is 1.75. The van der Waals surface area contributed by atoms with Gasteiger partial charge in [0.25, 0.3) is 0 Å². The van der Waals surface area contributed by atoms with Crippen molar-refractivity contribution in [2.45, 2.75) is 51.6 Å². The van der Waals surface area contributed by atoms with E-state index >= 15 is 0 Å². The van der Waals surface area contributed by atoms with Gasteiger partial charge in [-0.05, 0) is 25.0 Å². The van der Waals surface area contributed by atoms with E-state index in [0.29, 0.717) is 12.4 Å². The minimum Gasteiger partial charge on any atom is -0.339 e. The first kappa shape index (κ1) is 17.0. The first-order chi connectivity index (χ1) is 12.4. The van der Waals surface area contributed by atoms with E-state index in [1.807, 2.05) is 28.8 Å². The smallest absolute Gasteiger partial charge is 0.326 e. The minimum atomic E-state index is -0.130. The fraction of sp³-hybridized carbons (Fsp3) is 0.526. The summed E-state index contributed by atoms with van der Waals surface area (Å²) in [5.74, 6) is 1.41. The highest BCUT2D eigenvalue weighted by molar-refractivity contribution is 5.75. The van der Waals surface area contributed by atoms with Gasteiger partial charge in [-0.25, -0.2) is 4.79 Å². The van der Waals surface area contributed by atoms with E-state index in [1.54, 1.807) is 0 Å². The number of likely N-dealkylation sites (tertiary alicyclic amines) is 1. The maximum atomic E-state index is 12.4. The van der Waals surface area contributed by atoms with Crippen LogP contribution in [0.15, 0.2) is 33.6 Å². The minimum absolute atomic E-state index is 0.0161. The van der Waals surface area contributed by atoms with Crippen LogP contribution in [0.3, 0.4) is 0 Å². The Morgan fingerprint density at radius 2 is 1.96 bits per heavy atom. The van der Waals surface area contributed by atoms with E-state index in [-0.39, 0.29) is 17.1 Å². The number of hydrogen-bond acceptors (Lipinski definition) is 5. The summed E-state index contributed by atoms with van der Waals surface area (Å²) in [4.78, 5) is 22.2. The summed E-state index contributed by atoms with van der Waals surface area (Å²) in [6.07, 6.45) is 1.87. The summed E-state index contributed by atoms with van der Waals surface area (Å²) in [6.45, 7) is 8.71. The molecule has 0 atom stereocenters. The zero-order chi connectivity index (χ0) is 18.3. The van der Waals surface area contributed by atoms with E-state index < -0.39 is 0 Å². The standard InChI is InChI=1S/C19H25N5O2/c1-19(2,3)17-21-16(22-26-17)12-23-10-8-13(9-11-23)24-15-7-5-4-6-14(15)20-18(24)25/h4-7,13H,8-12H2,1-3H3,(H,20,25). The van der Waals surface area contributed by atoms with Crippen molar-refractivity contribution < 1.29 is 4.52 Å². The normalized spacial score (nSPS) is 17.2. The van der Waals surface area contributed by atoms with Crippen LogP contribution in [-0.2, 0) is 12.0 Å². The molecule has 0 amide bonds. The summed E-state index contributed by atoms with van der Waals surface area (Å²) in [7, 11) is 0. The molecule has 1 aromatic carbocycles. The molecule has 0 spiro atoms. The Hall–Kier alpha value is -2.41. The molecule has 4 rings (SSSR count). The molecule has 0 radical (unpaired) electrons. The number of para-hydroxylation sites is 2. The van der Waals surface area contributed by atoms with Crippen molar-refractivity contribution in [2.24, 2.45) is 0 Å². The van der Waals surface area contributed by atoms with Gasteiger partial charge in [0.1, 0.15) is 0 Å². The van der Waals surface area contributed by atoms with E-state index in [1.165, 1.54) is 0 Å². The molecule has 1 fully saturated rings. The molecule has 138 valence electrons.